The molecule has 2 heterocycles. The van der Waals surface area contributed by atoms with Crippen molar-refractivity contribution in [1.82, 2.24) is 14.6 Å². The van der Waals surface area contributed by atoms with E-state index < -0.39 is 29.9 Å². The van der Waals surface area contributed by atoms with Gasteiger partial charge in [0.25, 0.3) is 0 Å². The molecular formula is C20H15ClF3N7O. The zero-order valence-electron chi connectivity index (χ0n) is 16.5. The van der Waals surface area contributed by atoms with E-state index in [-0.39, 0.29) is 22.0 Å². The number of nitrogens with zero attached hydrogens (tertiary/aromatic N) is 5. The lowest BCUT2D eigenvalue weighted by atomic mass is 10.1. The monoisotopic (exact) mass is 461 g/mol. The topological polar surface area (TPSA) is 121 Å². The lowest BCUT2D eigenvalue weighted by Crippen LogP contribution is -2.37. The zero-order chi connectivity index (χ0) is 23.6. The highest BCUT2D eigenvalue weighted by Crippen LogP contribution is 2.31. The highest BCUT2D eigenvalue weighted by molar-refractivity contribution is 6.30. The van der Waals surface area contributed by atoms with Crippen molar-refractivity contribution in [3.63, 3.8) is 0 Å². The number of nitrogens with one attached hydrogen (secondary N) is 1. The van der Waals surface area contributed by atoms with Gasteiger partial charge in [0.1, 0.15) is 18.2 Å². The number of primary amides is 1. The van der Waals surface area contributed by atoms with Gasteiger partial charge in [0.2, 0.25) is 5.91 Å². The number of benzene rings is 1. The minimum absolute atomic E-state index is 0.113. The minimum atomic E-state index is -4.89. The number of hydrogen-bond donors (Lipinski definition) is 2. The van der Waals surface area contributed by atoms with Gasteiger partial charge in [-0.05, 0) is 36.9 Å². The smallest absolute Gasteiger partial charge is 0.368 e. The number of nitrogens with two attached hydrogens (primary N) is 1. The molecule has 0 aliphatic carbocycles. The number of anilines is 1. The summed E-state index contributed by atoms with van der Waals surface area (Å²) in [6.45, 7) is 4.62. The van der Waals surface area contributed by atoms with Gasteiger partial charge in [-0.2, -0.15) is 28.0 Å². The van der Waals surface area contributed by atoms with Gasteiger partial charge in [0, 0.05) is 15.9 Å². The lowest BCUT2D eigenvalue weighted by molar-refractivity contribution is -0.141. The third kappa shape index (κ3) is 4.40. The van der Waals surface area contributed by atoms with Gasteiger partial charge in [-0.3, -0.25) is 9.79 Å². The molecule has 0 bridgehead atoms. The number of amides is 1. The van der Waals surface area contributed by atoms with Crippen molar-refractivity contribution in [3.8, 4) is 6.07 Å². The maximum absolute atomic E-state index is 13.4. The first-order valence-corrected chi connectivity index (χ1v) is 9.32. The molecule has 0 aliphatic heterocycles. The van der Waals surface area contributed by atoms with Gasteiger partial charge in [-0.1, -0.05) is 24.2 Å². The van der Waals surface area contributed by atoms with Gasteiger partial charge < -0.3 is 11.1 Å². The summed E-state index contributed by atoms with van der Waals surface area (Å²) in [4.78, 5) is 19.6. The van der Waals surface area contributed by atoms with Crippen molar-refractivity contribution in [3.05, 3.63) is 69.2 Å². The summed E-state index contributed by atoms with van der Waals surface area (Å²) in [5.74, 6) is -0.803. The summed E-state index contributed by atoms with van der Waals surface area (Å²) in [5, 5.41) is 16.5. The number of hydrogen-bond acceptors (Lipinski definition) is 6. The molecule has 3 aromatic rings. The van der Waals surface area contributed by atoms with Gasteiger partial charge in [0.15, 0.2) is 16.8 Å². The molecule has 0 spiro atoms. The largest absolute Gasteiger partial charge is 0.436 e. The number of fused-ring (bicyclic) bond motifs is 1. The summed E-state index contributed by atoms with van der Waals surface area (Å²) in [6.07, 6.45) is -1.88. The Morgan fingerprint density at radius 2 is 2.19 bits per heavy atom. The average Bonchev–Trinajstić information content (AvgIpc) is 3.08. The predicted molar refractivity (Wildman–Crippen MR) is 111 cm³/mol. The van der Waals surface area contributed by atoms with E-state index in [2.05, 4.69) is 27.0 Å². The molecule has 2 aromatic heterocycles. The normalized spacial score (nSPS) is 12.8. The van der Waals surface area contributed by atoms with Gasteiger partial charge in [-0.15, -0.1) is 0 Å². The van der Waals surface area contributed by atoms with Crippen LogP contribution < -0.4 is 21.8 Å². The van der Waals surface area contributed by atoms with Crippen LogP contribution in [0.2, 0.25) is 5.02 Å². The molecule has 0 fully saturated rings. The van der Waals surface area contributed by atoms with Crippen LogP contribution in [0.3, 0.4) is 0 Å². The summed E-state index contributed by atoms with van der Waals surface area (Å²) in [7, 11) is 0. The van der Waals surface area contributed by atoms with E-state index in [9.17, 15) is 23.2 Å². The van der Waals surface area contributed by atoms with Crippen molar-refractivity contribution in [1.29, 1.82) is 5.26 Å². The number of carbonyl (C=O) groups excluding carboxylic acids is 1. The van der Waals surface area contributed by atoms with E-state index in [1.54, 1.807) is 24.3 Å². The number of alkyl halides is 3. The quantitative estimate of drug-likeness (QED) is 0.602. The van der Waals surface area contributed by atoms with Crippen molar-refractivity contribution >= 4 is 34.9 Å². The second kappa shape index (κ2) is 8.68. The molecule has 32 heavy (non-hydrogen) atoms. The Bertz CT molecular complexity index is 1400. The molecule has 3 rings (SSSR count). The fraction of sp³-hybridized carbons (Fsp3) is 0.150. The molecule has 0 unspecified atom stereocenters. The van der Waals surface area contributed by atoms with E-state index in [1.807, 2.05) is 0 Å². The first kappa shape index (κ1) is 22.8. The summed E-state index contributed by atoms with van der Waals surface area (Å²) < 4.78 is 41.1. The number of nitriles is 1. The predicted octanol–water partition coefficient (Wildman–Crippen LogP) is 2.07. The highest BCUT2D eigenvalue weighted by atomic mass is 35.5. The second-order valence-electron chi connectivity index (χ2n) is 6.51. The van der Waals surface area contributed by atoms with E-state index >= 15 is 0 Å². The van der Waals surface area contributed by atoms with Crippen LogP contribution >= 0.6 is 11.6 Å². The first-order chi connectivity index (χ1) is 15.1. The number of rotatable bonds is 5. The number of halogens is 4. The molecule has 0 radical (unpaired) electrons. The van der Waals surface area contributed by atoms with E-state index in [1.165, 1.54) is 19.2 Å². The molecule has 0 saturated heterocycles. The Kier molecular flexibility index (Phi) is 6.18. The summed E-state index contributed by atoms with van der Waals surface area (Å²) in [6, 6.07) is 6.41. The Morgan fingerprint density at radius 3 is 2.78 bits per heavy atom. The standard InChI is InChI=1S/C20H15ClF3N7O/c1-3-27-15-7-12(21)5-4-11(15)6-13-10(2)29-19-14(8-25)17(20(22,23)24)30-31(19)18(13)28-9-16(26)32/h3-7,27H,1,9H2,2H3,(H2,26,32)/b13-6+,28-18?. The van der Waals surface area contributed by atoms with Crippen molar-refractivity contribution in [2.24, 2.45) is 10.7 Å². The van der Waals surface area contributed by atoms with Crippen LogP contribution in [0.4, 0.5) is 18.9 Å². The van der Waals surface area contributed by atoms with Crippen molar-refractivity contribution in [2.75, 3.05) is 11.9 Å². The molecular weight excluding hydrogens is 447 g/mol. The fourth-order valence-electron chi connectivity index (χ4n) is 2.98. The Hall–Kier alpha value is -3.91. The summed E-state index contributed by atoms with van der Waals surface area (Å²) >= 11 is 6.04. The molecule has 8 nitrogen and oxygen atoms in total. The van der Waals surface area contributed by atoms with Crippen LogP contribution in [-0.4, -0.2) is 27.0 Å². The van der Waals surface area contributed by atoms with E-state index in [4.69, 9.17) is 17.3 Å². The Labute approximate surface area is 184 Å². The fourth-order valence-corrected chi connectivity index (χ4v) is 3.15. The van der Waals surface area contributed by atoms with Crippen LogP contribution in [0.1, 0.15) is 22.5 Å². The van der Waals surface area contributed by atoms with Crippen LogP contribution in [0.15, 0.2) is 36.0 Å². The lowest BCUT2D eigenvalue weighted by Gasteiger charge is -2.07. The highest BCUT2D eigenvalue weighted by Gasteiger charge is 2.39. The number of aryl methyl sites for hydroxylation is 1. The van der Waals surface area contributed by atoms with Gasteiger partial charge >= 0.3 is 6.18 Å². The zero-order valence-corrected chi connectivity index (χ0v) is 17.3. The molecule has 164 valence electrons. The van der Waals surface area contributed by atoms with E-state index in [0.717, 1.165) is 4.52 Å². The van der Waals surface area contributed by atoms with Crippen molar-refractivity contribution in [2.45, 2.75) is 13.1 Å². The summed E-state index contributed by atoms with van der Waals surface area (Å²) in [5.41, 5.74) is 3.98. The average molecular weight is 462 g/mol. The van der Waals surface area contributed by atoms with Gasteiger partial charge in [-0.25, -0.2) is 4.98 Å². The maximum Gasteiger partial charge on any atom is 0.436 e. The van der Waals surface area contributed by atoms with Crippen LogP contribution in [-0.2, 0) is 11.0 Å². The maximum atomic E-state index is 13.4. The van der Waals surface area contributed by atoms with Crippen LogP contribution in [0, 0.1) is 18.3 Å². The molecule has 1 amide bonds. The molecule has 0 aliphatic rings. The molecule has 0 saturated carbocycles. The van der Waals surface area contributed by atoms with Crippen LogP contribution in [0.5, 0.6) is 0 Å². The third-order valence-electron chi connectivity index (χ3n) is 4.30. The van der Waals surface area contributed by atoms with Crippen LogP contribution in [0.25, 0.3) is 11.7 Å². The Morgan fingerprint density at radius 1 is 1.47 bits per heavy atom. The first-order valence-electron chi connectivity index (χ1n) is 8.95. The number of aromatic nitrogens is 3. The molecule has 3 N–H and O–H groups in total. The van der Waals surface area contributed by atoms with Gasteiger partial charge in [0.05, 0.1) is 5.69 Å². The van der Waals surface area contributed by atoms with E-state index in [0.29, 0.717) is 16.3 Å². The second-order valence-corrected chi connectivity index (χ2v) is 6.95. The number of carbonyl (C=O) groups is 1. The molecule has 0 atom stereocenters. The molecule has 1 aromatic carbocycles. The van der Waals surface area contributed by atoms with Crippen molar-refractivity contribution < 1.29 is 18.0 Å². The third-order valence-corrected chi connectivity index (χ3v) is 4.54. The SMILES string of the molecule is C=CNc1cc(Cl)ccc1/C=c1\c(C)nc2c(C#N)c(C(F)(F)F)nn2c1=NCC(N)=O. The Balaban J connectivity index is 2.49. The minimum Gasteiger partial charge on any atom is -0.368 e. The molecule has 12 heteroatoms.